The van der Waals surface area contributed by atoms with E-state index in [2.05, 4.69) is 15.9 Å². The number of ether oxygens (including phenoxy) is 2. The number of rotatable bonds is 8. The second-order valence-electron chi connectivity index (χ2n) is 7.50. The highest BCUT2D eigenvalue weighted by atomic mass is 79.9. The predicted molar refractivity (Wildman–Crippen MR) is 144 cm³/mol. The van der Waals surface area contributed by atoms with Gasteiger partial charge in [0.1, 0.15) is 6.61 Å². The molecule has 4 rings (SSSR count). The van der Waals surface area contributed by atoms with Crippen LogP contribution < -0.4 is 9.47 Å². The molecule has 1 aliphatic heterocycles. The second-order valence-corrected chi connectivity index (χ2v) is 10.2. The van der Waals surface area contributed by atoms with Crippen LogP contribution in [0.5, 0.6) is 11.5 Å². The molecule has 0 radical (unpaired) electrons. The Bertz CT molecular complexity index is 1310. The maximum Gasteiger partial charge on any atom is 0.293 e. The number of carbonyl (C=O) groups excluding carboxylic acids is 2. The van der Waals surface area contributed by atoms with Gasteiger partial charge in [0.2, 0.25) is 0 Å². The summed E-state index contributed by atoms with van der Waals surface area (Å²) in [5, 5.41) is 0.781. The summed E-state index contributed by atoms with van der Waals surface area (Å²) in [7, 11) is 0. The summed E-state index contributed by atoms with van der Waals surface area (Å²) >= 11 is 16.9. The molecule has 1 saturated heterocycles. The van der Waals surface area contributed by atoms with Crippen LogP contribution in [0.1, 0.15) is 23.6 Å². The van der Waals surface area contributed by atoms with E-state index in [1.165, 1.54) is 4.90 Å². The Morgan fingerprint density at radius 2 is 1.63 bits per heavy atom. The maximum atomic E-state index is 13.0. The lowest BCUT2D eigenvalue weighted by molar-refractivity contribution is -0.123. The fourth-order valence-electron chi connectivity index (χ4n) is 3.42. The normalized spacial score (nSPS) is 14.6. The van der Waals surface area contributed by atoms with Gasteiger partial charge >= 0.3 is 0 Å². The number of halogens is 3. The van der Waals surface area contributed by atoms with Crippen molar-refractivity contribution in [1.82, 2.24) is 4.90 Å². The van der Waals surface area contributed by atoms with Crippen molar-refractivity contribution in [2.45, 2.75) is 20.1 Å². The lowest BCUT2D eigenvalue weighted by Gasteiger charge is -2.15. The molecule has 180 valence electrons. The zero-order valence-electron chi connectivity index (χ0n) is 18.6. The number of thioether (sulfide) groups is 1. The Morgan fingerprint density at radius 1 is 0.971 bits per heavy atom. The number of carbonyl (C=O) groups is 2. The molecule has 35 heavy (non-hydrogen) atoms. The van der Waals surface area contributed by atoms with Crippen molar-refractivity contribution >= 4 is 68.1 Å². The lowest BCUT2D eigenvalue weighted by Crippen LogP contribution is -2.27. The summed E-state index contributed by atoms with van der Waals surface area (Å²) in [4.78, 5) is 27.1. The highest BCUT2D eigenvalue weighted by Gasteiger charge is 2.35. The summed E-state index contributed by atoms with van der Waals surface area (Å²) in [6, 6.07) is 18.2. The van der Waals surface area contributed by atoms with Gasteiger partial charge in [-0.3, -0.25) is 14.5 Å². The Kier molecular flexibility index (Phi) is 8.44. The zero-order chi connectivity index (χ0) is 24.9. The molecule has 0 aliphatic carbocycles. The van der Waals surface area contributed by atoms with E-state index < -0.39 is 0 Å². The topological polar surface area (TPSA) is 55.8 Å². The molecule has 9 heteroatoms. The molecular formula is C26H20BrCl2NO4S. The molecule has 2 amide bonds. The molecule has 3 aromatic rings. The van der Waals surface area contributed by atoms with Crippen LogP contribution in [0.15, 0.2) is 70.0 Å². The minimum atomic E-state index is -0.368. The first-order valence-corrected chi connectivity index (χ1v) is 13.0. The van der Waals surface area contributed by atoms with E-state index in [4.69, 9.17) is 32.7 Å². The number of hydrogen-bond acceptors (Lipinski definition) is 5. The van der Waals surface area contributed by atoms with Gasteiger partial charge in [0, 0.05) is 15.6 Å². The van der Waals surface area contributed by atoms with E-state index in [9.17, 15) is 9.59 Å². The molecule has 0 unspecified atom stereocenters. The molecule has 0 bridgehead atoms. The molecule has 0 N–H and O–H groups in total. The van der Waals surface area contributed by atoms with Gasteiger partial charge in [-0.2, -0.15) is 0 Å². The number of benzene rings is 3. The molecule has 0 spiro atoms. The standard InChI is InChI=1S/C26H20BrCl2NO4S/c1-2-33-22-12-16(11-19(27)24(22)34-15-18-8-4-6-10-21(18)29)13-23-25(31)30(26(32)35-23)14-17-7-3-5-9-20(17)28/h3-13H,2,14-15H2,1H3/b23-13-. The summed E-state index contributed by atoms with van der Waals surface area (Å²) in [5.41, 5.74) is 2.24. The predicted octanol–water partition coefficient (Wildman–Crippen LogP) is 7.97. The third-order valence-corrected chi connectivity index (χ3v) is 7.35. The molecule has 1 aliphatic rings. The molecule has 0 aromatic heterocycles. The first-order valence-electron chi connectivity index (χ1n) is 10.7. The molecule has 0 atom stereocenters. The third kappa shape index (κ3) is 6.04. The van der Waals surface area contributed by atoms with Gasteiger partial charge in [-0.05, 0) is 76.1 Å². The van der Waals surface area contributed by atoms with E-state index in [1.54, 1.807) is 36.4 Å². The maximum absolute atomic E-state index is 13.0. The van der Waals surface area contributed by atoms with Crippen molar-refractivity contribution in [3.05, 3.63) is 96.8 Å². The van der Waals surface area contributed by atoms with Crippen molar-refractivity contribution in [3.63, 3.8) is 0 Å². The van der Waals surface area contributed by atoms with Crippen LogP contribution in [0, 0.1) is 0 Å². The van der Waals surface area contributed by atoms with Gasteiger partial charge in [0.05, 0.1) is 22.5 Å². The van der Waals surface area contributed by atoms with Crippen LogP contribution in [0.3, 0.4) is 0 Å². The van der Waals surface area contributed by atoms with Crippen molar-refractivity contribution in [2.75, 3.05) is 6.61 Å². The zero-order valence-corrected chi connectivity index (χ0v) is 22.5. The molecule has 3 aromatic carbocycles. The van der Waals surface area contributed by atoms with E-state index in [0.717, 1.165) is 17.3 Å². The van der Waals surface area contributed by atoms with Crippen molar-refractivity contribution < 1.29 is 19.1 Å². The largest absolute Gasteiger partial charge is 0.490 e. The molecular weight excluding hydrogens is 573 g/mol. The van der Waals surface area contributed by atoms with Crippen molar-refractivity contribution in [3.8, 4) is 11.5 Å². The van der Waals surface area contributed by atoms with Gasteiger partial charge < -0.3 is 9.47 Å². The minimum Gasteiger partial charge on any atom is -0.490 e. The fraction of sp³-hybridized carbons (Fsp3) is 0.154. The second kappa shape index (κ2) is 11.5. The molecule has 0 saturated carbocycles. The average molecular weight is 593 g/mol. The Hall–Kier alpha value is -2.45. The van der Waals surface area contributed by atoms with Crippen molar-refractivity contribution in [2.24, 2.45) is 0 Å². The molecule has 1 fully saturated rings. The summed E-state index contributed by atoms with van der Waals surface area (Å²) in [5.74, 6) is 0.666. The Balaban J connectivity index is 1.57. The van der Waals surface area contributed by atoms with Gasteiger partial charge in [0.15, 0.2) is 11.5 Å². The number of imide groups is 1. The number of amides is 2. The van der Waals surface area contributed by atoms with Crippen LogP contribution in [0.25, 0.3) is 6.08 Å². The SMILES string of the molecule is CCOc1cc(/C=C2\SC(=O)N(Cc3ccccc3Cl)C2=O)cc(Br)c1OCc1ccccc1Cl. The smallest absolute Gasteiger partial charge is 0.293 e. The molecule has 1 heterocycles. The summed E-state index contributed by atoms with van der Waals surface area (Å²) in [6.45, 7) is 2.67. The van der Waals surface area contributed by atoms with Crippen LogP contribution in [0.2, 0.25) is 10.0 Å². The van der Waals surface area contributed by atoms with Crippen LogP contribution in [0.4, 0.5) is 4.79 Å². The third-order valence-electron chi connectivity index (χ3n) is 5.12. The summed E-state index contributed by atoms with van der Waals surface area (Å²) < 4.78 is 12.5. The van der Waals surface area contributed by atoms with E-state index >= 15 is 0 Å². The Morgan fingerprint density at radius 3 is 2.29 bits per heavy atom. The first-order chi connectivity index (χ1) is 16.9. The quantitative estimate of drug-likeness (QED) is 0.248. The number of hydrogen-bond donors (Lipinski definition) is 0. The fourth-order valence-corrected chi connectivity index (χ4v) is 5.22. The lowest BCUT2D eigenvalue weighted by atomic mass is 10.1. The molecule has 5 nitrogen and oxygen atoms in total. The van der Waals surface area contributed by atoms with E-state index in [-0.39, 0.29) is 24.3 Å². The van der Waals surface area contributed by atoms with Crippen LogP contribution in [-0.4, -0.2) is 22.7 Å². The summed E-state index contributed by atoms with van der Waals surface area (Å²) in [6.07, 6.45) is 1.67. The van der Waals surface area contributed by atoms with Crippen molar-refractivity contribution in [1.29, 1.82) is 0 Å². The number of nitrogens with zero attached hydrogens (tertiary/aromatic N) is 1. The van der Waals surface area contributed by atoms with Gasteiger partial charge in [-0.25, -0.2) is 0 Å². The average Bonchev–Trinajstić information content (AvgIpc) is 3.08. The van der Waals surface area contributed by atoms with Crippen LogP contribution in [-0.2, 0) is 17.9 Å². The highest BCUT2D eigenvalue weighted by Crippen LogP contribution is 2.40. The van der Waals surface area contributed by atoms with E-state index in [1.807, 2.05) is 37.3 Å². The Labute approximate surface area is 226 Å². The van der Waals surface area contributed by atoms with E-state index in [0.29, 0.717) is 48.7 Å². The van der Waals surface area contributed by atoms with Gasteiger partial charge in [0.25, 0.3) is 11.1 Å². The van der Waals surface area contributed by atoms with Gasteiger partial charge in [-0.15, -0.1) is 0 Å². The van der Waals surface area contributed by atoms with Gasteiger partial charge in [-0.1, -0.05) is 59.6 Å². The highest BCUT2D eigenvalue weighted by molar-refractivity contribution is 9.10. The monoisotopic (exact) mass is 591 g/mol. The first kappa shape index (κ1) is 25.6. The van der Waals surface area contributed by atoms with Crippen LogP contribution >= 0.6 is 50.9 Å². The minimum absolute atomic E-state index is 0.115.